The molecule has 0 spiro atoms. The van der Waals surface area contributed by atoms with Crippen LogP contribution in [0.15, 0.2) is 6.33 Å². The van der Waals surface area contributed by atoms with Crippen molar-refractivity contribution in [2.24, 2.45) is 0 Å². The van der Waals surface area contributed by atoms with Crippen molar-refractivity contribution in [1.29, 1.82) is 0 Å². The van der Waals surface area contributed by atoms with E-state index >= 15 is 0 Å². The predicted molar refractivity (Wildman–Crippen MR) is 55.2 cm³/mol. The van der Waals surface area contributed by atoms with Gasteiger partial charge in [0.05, 0.1) is 5.41 Å². The number of nitrogens with zero attached hydrogens (tertiary/aromatic N) is 2. The molecule has 1 aliphatic carbocycles. The van der Waals surface area contributed by atoms with Gasteiger partial charge in [-0.05, 0) is 12.8 Å². The predicted octanol–water partition coefficient (Wildman–Crippen LogP) is 2.29. The summed E-state index contributed by atoms with van der Waals surface area (Å²) >= 11 is 11.7. The molecule has 0 radical (unpaired) electrons. The highest BCUT2D eigenvalue weighted by Gasteiger charge is 2.49. The smallest absolute Gasteiger partial charge is 0.314 e. The van der Waals surface area contributed by atoms with Crippen molar-refractivity contribution >= 4 is 29.2 Å². The van der Waals surface area contributed by atoms with E-state index in [0.29, 0.717) is 18.4 Å². The van der Waals surface area contributed by atoms with E-state index in [1.165, 1.54) is 6.33 Å². The summed E-state index contributed by atoms with van der Waals surface area (Å²) in [5.74, 6) is -0.910. The Morgan fingerprint density at radius 3 is 2.20 bits per heavy atom. The average molecular weight is 247 g/mol. The summed E-state index contributed by atoms with van der Waals surface area (Å²) in [7, 11) is 0. The lowest BCUT2D eigenvalue weighted by Crippen LogP contribution is -2.43. The van der Waals surface area contributed by atoms with E-state index in [4.69, 9.17) is 23.2 Å². The zero-order chi connectivity index (χ0) is 11.1. The van der Waals surface area contributed by atoms with E-state index in [1.807, 2.05) is 0 Å². The third-order valence-corrected chi connectivity index (χ3v) is 3.42. The fourth-order valence-electron chi connectivity index (χ4n) is 1.84. The molecule has 0 aliphatic heterocycles. The lowest BCUT2D eigenvalue weighted by Gasteiger charge is -2.38. The molecule has 0 unspecified atom stereocenters. The third kappa shape index (κ3) is 1.48. The number of carbonyl (C=O) groups is 1. The van der Waals surface area contributed by atoms with Crippen LogP contribution in [0.25, 0.3) is 0 Å². The Morgan fingerprint density at radius 1 is 1.33 bits per heavy atom. The van der Waals surface area contributed by atoms with Gasteiger partial charge in [-0.2, -0.15) is 0 Å². The zero-order valence-corrected chi connectivity index (χ0v) is 9.22. The number of rotatable bonds is 2. The standard InChI is InChI=1S/C9H8Cl2N2O2/c10-6-5(7(11)13-4-12-6)9(8(14)15)2-1-3-9/h4H,1-3H2,(H,14,15). The van der Waals surface area contributed by atoms with Gasteiger partial charge >= 0.3 is 5.97 Å². The van der Waals surface area contributed by atoms with E-state index in [9.17, 15) is 9.90 Å². The Labute approximate surface area is 96.3 Å². The first kappa shape index (κ1) is 10.6. The van der Waals surface area contributed by atoms with Crippen molar-refractivity contribution < 1.29 is 9.90 Å². The van der Waals surface area contributed by atoms with Crippen molar-refractivity contribution in [2.75, 3.05) is 0 Å². The molecule has 1 heterocycles. The molecular weight excluding hydrogens is 239 g/mol. The van der Waals surface area contributed by atoms with E-state index in [1.54, 1.807) is 0 Å². The minimum atomic E-state index is -0.977. The molecule has 0 saturated heterocycles. The second-order valence-corrected chi connectivity index (χ2v) is 4.29. The number of hydrogen-bond donors (Lipinski definition) is 1. The van der Waals surface area contributed by atoms with Crippen LogP contribution in [-0.4, -0.2) is 21.0 Å². The molecule has 1 aromatic heterocycles. The van der Waals surface area contributed by atoms with Crippen molar-refractivity contribution in [2.45, 2.75) is 24.7 Å². The molecule has 0 amide bonds. The van der Waals surface area contributed by atoms with E-state index in [2.05, 4.69) is 9.97 Å². The molecule has 2 rings (SSSR count). The minimum Gasteiger partial charge on any atom is -0.481 e. The maximum atomic E-state index is 11.2. The SMILES string of the molecule is O=C(O)C1(c2c(Cl)ncnc2Cl)CCC1. The Bertz CT molecular complexity index is 398. The Balaban J connectivity index is 2.57. The summed E-state index contributed by atoms with van der Waals surface area (Å²) in [6.07, 6.45) is 3.15. The van der Waals surface area contributed by atoms with E-state index < -0.39 is 11.4 Å². The monoisotopic (exact) mass is 246 g/mol. The molecule has 15 heavy (non-hydrogen) atoms. The van der Waals surface area contributed by atoms with Gasteiger partial charge in [-0.15, -0.1) is 0 Å². The summed E-state index contributed by atoms with van der Waals surface area (Å²) in [6, 6.07) is 0. The van der Waals surface area contributed by atoms with Gasteiger partial charge in [0, 0.05) is 5.56 Å². The van der Waals surface area contributed by atoms with Gasteiger partial charge in [0.15, 0.2) is 0 Å². The number of aliphatic carboxylic acids is 1. The summed E-state index contributed by atoms with van der Waals surface area (Å²) in [6.45, 7) is 0. The fourth-order valence-corrected chi connectivity index (χ4v) is 2.52. The molecule has 1 saturated carbocycles. The van der Waals surface area contributed by atoms with Crippen LogP contribution in [0.2, 0.25) is 10.3 Å². The second-order valence-electron chi connectivity index (χ2n) is 3.57. The molecular formula is C9H8Cl2N2O2. The molecule has 0 aromatic carbocycles. The summed E-state index contributed by atoms with van der Waals surface area (Å²) in [5.41, 5.74) is -0.623. The number of hydrogen-bond acceptors (Lipinski definition) is 3. The van der Waals surface area contributed by atoms with Gasteiger partial charge in [-0.1, -0.05) is 29.6 Å². The molecule has 80 valence electrons. The molecule has 1 N–H and O–H groups in total. The van der Waals surface area contributed by atoms with Crippen LogP contribution in [0.3, 0.4) is 0 Å². The first-order valence-electron chi connectivity index (χ1n) is 4.48. The molecule has 1 aromatic rings. The molecule has 0 bridgehead atoms. The van der Waals surface area contributed by atoms with Gasteiger partial charge < -0.3 is 5.11 Å². The van der Waals surface area contributed by atoms with Gasteiger partial charge in [0.2, 0.25) is 0 Å². The Kier molecular flexibility index (Phi) is 2.56. The molecule has 6 heteroatoms. The van der Waals surface area contributed by atoms with Crippen molar-refractivity contribution in [3.63, 3.8) is 0 Å². The summed E-state index contributed by atoms with van der Waals surface area (Å²) < 4.78 is 0. The van der Waals surface area contributed by atoms with Crippen LogP contribution in [0, 0.1) is 0 Å². The molecule has 1 aliphatic rings. The first-order chi connectivity index (χ1) is 7.08. The topological polar surface area (TPSA) is 63.1 Å². The summed E-state index contributed by atoms with van der Waals surface area (Å²) in [5, 5.41) is 9.49. The molecule has 1 fully saturated rings. The van der Waals surface area contributed by atoms with E-state index in [-0.39, 0.29) is 10.3 Å². The third-order valence-electron chi connectivity index (χ3n) is 2.85. The average Bonchev–Trinajstić information content (AvgIpc) is 2.07. The van der Waals surface area contributed by atoms with Crippen LogP contribution in [0.5, 0.6) is 0 Å². The van der Waals surface area contributed by atoms with Crippen LogP contribution in [-0.2, 0) is 10.2 Å². The molecule has 0 atom stereocenters. The van der Waals surface area contributed by atoms with Crippen LogP contribution in [0.4, 0.5) is 0 Å². The van der Waals surface area contributed by atoms with Crippen LogP contribution in [0.1, 0.15) is 24.8 Å². The normalized spacial score (nSPS) is 18.3. The first-order valence-corrected chi connectivity index (χ1v) is 5.23. The lowest BCUT2D eigenvalue weighted by atomic mass is 9.65. The lowest BCUT2D eigenvalue weighted by molar-refractivity contribution is -0.147. The quantitative estimate of drug-likeness (QED) is 0.814. The summed E-state index contributed by atoms with van der Waals surface area (Å²) in [4.78, 5) is 18.8. The maximum Gasteiger partial charge on any atom is 0.314 e. The zero-order valence-electron chi connectivity index (χ0n) is 7.70. The van der Waals surface area contributed by atoms with E-state index in [0.717, 1.165) is 6.42 Å². The van der Waals surface area contributed by atoms with Gasteiger partial charge in [0.25, 0.3) is 0 Å². The Morgan fingerprint density at radius 2 is 1.87 bits per heavy atom. The maximum absolute atomic E-state index is 11.2. The molecule has 4 nitrogen and oxygen atoms in total. The number of aromatic nitrogens is 2. The van der Waals surface area contributed by atoms with Crippen molar-refractivity contribution in [3.05, 3.63) is 22.2 Å². The number of carboxylic acids is 1. The van der Waals surface area contributed by atoms with Crippen molar-refractivity contribution in [3.8, 4) is 0 Å². The number of halogens is 2. The van der Waals surface area contributed by atoms with Crippen LogP contribution < -0.4 is 0 Å². The fraction of sp³-hybridized carbons (Fsp3) is 0.444. The largest absolute Gasteiger partial charge is 0.481 e. The highest BCUT2D eigenvalue weighted by Crippen LogP contribution is 2.47. The van der Waals surface area contributed by atoms with Crippen molar-refractivity contribution in [1.82, 2.24) is 9.97 Å². The number of carboxylic acid groups (broad SMARTS) is 1. The second kappa shape index (κ2) is 3.61. The minimum absolute atomic E-state index is 0.136. The van der Waals surface area contributed by atoms with Gasteiger partial charge in [-0.25, -0.2) is 9.97 Å². The van der Waals surface area contributed by atoms with Gasteiger partial charge in [-0.3, -0.25) is 4.79 Å². The highest BCUT2D eigenvalue weighted by molar-refractivity contribution is 6.35. The van der Waals surface area contributed by atoms with Gasteiger partial charge in [0.1, 0.15) is 16.6 Å². The van der Waals surface area contributed by atoms with Crippen LogP contribution >= 0.6 is 23.2 Å². The Hall–Kier alpha value is -0.870. The highest BCUT2D eigenvalue weighted by atomic mass is 35.5.